The van der Waals surface area contributed by atoms with E-state index in [2.05, 4.69) is 72.8 Å². The number of hydrogen-bond donors (Lipinski definition) is 0. The number of rotatable bonds is 2. The van der Waals surface area contributed by atoms with Crippen LogP contribution in [-0.4, -0.2) is 0 Å². The summed E-state index contributed by atoms with van der Waals surface area (Å²) in [6.45, 7) is 0. The van der Waals surface area contributed by atoms with Gasteiger partial charge in [0.05, 0.1) is 0 Å². The van der Waals surface area contributed by atoms with Gasteiger partial charge in [0.15, 0.2) is 0 Å². The molecule has 0 nitrogen and oxygen atoms in total. The first-order valence-corrected chi connectivity index (χ1v) is 9.56. The molecule has 1 heteroatoms. The maximum absolute atomic E-state index is 2.44. The van der Waals surface area contributed by atoms with Crippen molar-refractivity contribution in [1.82, 2.24) is 0 Å². The number of fused-ring (bicyclic) bond motifs is 2. The second kappa shape index (κ2) is 5.66. The van der Waals surface area contributed by atoms with Gasteiger partial charge in [0.2, 0.25) is 0 Å². The molecule has 0 fully saturated rings. The van der Waals surface area contributed by atoms with Crippen LogP contribution in [-0.2, 0) is 23.2 Å². The van der Waals surface area contributed by atoms with Crippen LogP contribution in [0.1, 0.15) is 36.9 Å². The molecule has 98 valence electrons. The van der Waals surface area contributed by atoms with Crippen LogP contribution >= 0.6 is 0 Å². The third-order valence-electron chi connectivity index (χ3n) is 3.96. The molecule has 2 aliphatic carbocycles. The van der Waals surface area contributed by atoms with Crippen molar-refractivity contribution in [2.24, 2.45) is 0 Å². The molecule has 0 spiro atoms. The van der Waals surface area contributed by atoms with Crippen LogP contribution in [0, 0.1) is 0 Å². The van der Waals surface area contributed by atoms with Gasteiger partial charge >= 0.3 is 126 Å². The fourth-order valence-corrected chi connectivity index (χ4v) is 7.13. The Bertz CT molecular complexity index is 622. The first kappa shape index (κ1) is 13.8. The summed E-state index contributed by atoms with van der Waals surface area (Å²) in [6.07, 6.45) is 9.49. The molecule has 0 N–H and O–H groups in total. The zero-order valence-corrected chi connectivity index (χ0v) is 13.0. The summed E-state index contributed by atoms with van der Waals surface area (Å²) < 4.78 is 1.47. The van der Waals surface area contributed by atoms with Gasteiger partial charge in [-0.3, -0.25) is 0 Å². The van der Waals surface area contributed by atoms with E-state index >= 15 is 0 Å². The van der Waals surface area contributed by atoms with Crippen molar-refractivity contribution in [1.29, 1.82) is 0 Å². The first-order valence-electron chi connectivity index (χ1n) is 6.72. The number of benzene rings is 2. The molecule has 0 aliphatic heterocycles. The van der Waals surface area contributed by atoms with Crippen molar-refractivity contribution < 1.29 is 23.2 Å². The zero-order chi connectivity index (χ0) is 12.7. The van der Waals surface area contributed by atoms with E-state index in [0.29, 0.717) is 0 Å². The van der Waals surface area contributed by atoms with Gasteiger partial charge in [0, 0.05) is 0 Å². The molecule has 0 saturated carbocycles. The van der Waals surface area contributed by atoms with Gasteiger partial charge in [0.1, 0.15) is 0 Å². The number of hydrogen-bond acceptors (Lipinski definition) is 0. The summed E-state index contributed by atoms with van der Waals surface area (Å²) in [7, 11) is 0. The van der Waals surface area contributed by atoms with Crippen LogP contribution in [0.2, 0.25) is 0 Å². The third kappa shape index (κ3) is 2.29. The molecule has 0 radical (unpaired) electrons. The van der Waals surface area contributed by atoms with E-state index < -0.39 is 23.2 Å². The standard InChI is InChI=1S/2C9H7.CH4.Zr/c2*1-2-5-9-7-3-6-8(9)4-1;;/h2*1-7H;1H4;. The molecule has 2 atom stereocenters. The SMILES string of the molecule is C.C1=C[CH]([Zr][CH]2C=Cc3ccccc32)c2ccccc21. The predicted octanol–water partition coefficient (Wildman–Crippen LogP) is 5.24. The monoisotopic (exact) mass is 336 g/mol. The van der Waals surface area contributed by atoms with Gasteiger partial charge in [0.25, 0.3) is 0 Å². The quantitative estimate of drug-likeness (QED) is 0.703. The van der Waals surface area contributed by atoms with Gasteiger partial charge in [-0.05, 0) is 0 Å². The summed E-state index contributed by atoms with van der Waals surface area (Å²) >= 11 is -0.542. The van der Waals surface area contributed by atoms with Gasteiger partial charge < -0.3 is 0 Å². The molecule has 2 aromatic rings. The van der Waals surface area contributed by atoms with Crippen molar-refractivity contribution in [3.05, 3.63) is 82.9 Å². The molecular formula is C19H18Zr. The first-order chi connectivity index (χ1) is 9.42. The third-order valence-corrected chi connectivity index (χ3v) is 8.20. The Morgan fingerprint density at radius 1 is 0.650 bits per heavy atom. The van der Waals surface area contributed by atoms with Crippen LogP contribution in [0.5, 0.6) is 0 Å². The Labute approximate surface area is 132 Å². The van der Waals surface area contributed by atoms with Gasteiger partial charge in [-0.2, -0.15) is 0 Å². The fourth-order valence-electron chi connectivity index (χ4n) is 2.98. The molecule has 2 unspecified atom stereocenters. The van der Waals surface area contributed by atoms with Crippen molar-refractivity contribution in [2.45, 2.75) is 14.7 Å². The van der Waals surface area contributed by atoms with Crippen molar-refractivity contribution in [2.75, 3.05) is 0 Å². The fraction of sp³-hybridized carbons (Fsp3) is 0.158. The molecule has 0 saturated heterocycles. The molecule has 20 heavy (non-hydrogen) atoms. The molecule has 0 bridgehead atoms. The van der Waals surface area contributed by atoms with Gasteiger partial charge in [-0.25, -0.2) is 0 Å². The second-order valence-electron chi connectivity index (χ2n) is 5.10. The van der Waals surface area contributed by atoms with E-state index in [4.69, 9.17) is 0 Å². The van der Waals surface area contributed by atoms with E-state index in [1.54, 1.807) is 11.1 Å². The predicted molar refractivity (Wildman–Crippen MR) is 83.2 cm³/mol. The zero-order valence-electron chi connectivity index (χ0n) is 10.6. The summed E-state index contributed by atoms with van der Waals surface area (Å²) in [6, 6.07) is 17.7. The summed E-state index contributed by atoms with van der Waals surface area (Å²) in [5.41, 5.74) is 5.99. The van der Waals surface area contributed by atoms with E-state index in [1.165, 1.54) is 11.1 Å². The van der Waals surface area contributed by atoms with E-state index in [-0.39, 0.29) is 7.43 Å². The van der Waals surface area contributed by atoms with Crippen LogP contribution < -0.4 is 0 Å². The van der Waals surface area contributed by atoms with Crippen molar-refractivity contribution in [3.63, 3.8) is 0 Å². The van der Waals surface area contributed by atoms with Crippen molar-refractivity contribution >= 4 is 12.2 Å². The minimum atomic E-state index is -0.542. The normalized spacial score (nSPS) is 21.2. The maximum atomic E-state index is 2.44. The molecule has 0 heterocycles. The van der Waals surface area contributed by atoms with Gasteiger partial charge in [-0.15, -0.1) is 0 Å². The Kier molecular flexibility index (Phi) is 3.90. The molecular weight excluding hydrogens is 319 g/mol. The van der Waals surface area contributed by atoms with E-state index in [0.717, 1.165) is 7.25 Å². The molecule has 2 aromatic carbocycles. The second-order valence-corrected chi connectivity index (χ2v) is 8.98. The minimum absolute atomic E-state index is 0. The average Bonchev–Trinajstić information content (AvgIpc) is 3.05. The summed E-state index contributed by atoms with van der Waals surface area (Å²) in [5, 5.41) is 0. The topological polar surface area (TPSA) is 0 Å². The molecule has 0 amide bonds. The van der Waals surface area contributed by atoms with E-state index in [1.807, 2.05) is 0 Å². The Morgan fingerprint density at radius 2 is 1.10 bits per heavy atom. The van der Waals surface area contributed by atoms with Crippen LogP contribution in [0.4, 0.5) is 0 Å². The van der Waals surface area contributed by atoms with Crippen LogP contribution in [0.15, 0.2) is 60.7 Å². The Balaban J connectivity index is 0.00000121. The van der Waals surface area contributed by atoms with Crippen molar-refractivity contribution in [3.8, 4) is 0 Å². The average molecular weight is 338 g/mol. The van der Waals surface area contributed by atoms with E-state index in [9.17, 15) is 0 Å². The van der Waals surface area contributed by atoms with Crippen LogP contribution in [0.3, 0.4) is 0 Å². The Morgan fingerprint density at radius 3 is 1.60 bits per heavy atom. The van der Waals surface area contributed by atoms with Gasteiger partial charge in [-0.1, -0.05) is 7.43 Å². The summed E-state index contributed by atoms with van der Waals surface area (Å²) in [4.78, 5) is 0. The Hall–Kier alpha value is -1.20. The number of allylic oxidation sites excluding steroid dienone is 2. The molecule has 2 aliphatic rings. The summed E-state index contributed by atoms with van der Waals surface area (Å²) in [5.74, 6) is 0. The van der Waals surface area contributed by atoms with Crippen LogP contribution in [0.25, 0.3) is 12.2 Å². The molecule has 0 aromatic heterocycles. The molecule has 4 rings (SSSR count).